The number of nitrogens with one attached hydrogen (secondary N) is 1. The minimum atomic E-state index is -0.769. The van der Waals surface area contributed by atoms with Gasteiger partial charge in [-0.2, -0.15) is 0 Å². The molecule has 22 heavy (non-hydrogen) atoms. The van der Waals surface area contributed by atoms with Crippen LogP contribution in [0.2, 0.25) is 0 Å². The van der Waals surface area contributed by atoms with Gasteiger partial charge < -0.3 is 14.8 Å². The lowest BCUT2D eigenvalue weighted by Gasteiger charge is -2.40. The first-order valence-electron chi connectivity index (χ1n) is 6.94. The molecule has 2 rings (SSSR count). The van der Waals surface area contributed by atoms with Crippen LogP contribution in [-0.4, -0.2) is 28.6 Å². The van der Waals surface area contributed by atoms with E-state index in [1.54, 1.807) is 6.92 Å². The summed E-state index contributed by atoms with van der Waals surface area (Å²) in [4.78, 5) is 23.4. The smallest absolute Gasteiger partial charge is 0.430 e. The van der Waals surface area contributed by atoms with Crippen molar-refractivity contribution in [1.29, 1.82) is 0 Å². The van der Waals surface area contributed by atoms with E-state index in [2.05, 4.69) is 34.5 Å². The molecule has 0 spiro atoms. The predicted molar refractivity (Wildman–Crippen MR) is 90.6 cm³/mol. The molecule has 1 aromatic rings. The van der Waals surface area contributed by atoms with Gasteiger partial charge in [0.05, 0.1) is 12.0 Å². The number of β-lactam (4-membered cyclic amide) rings is 1. The van der Waals surface area contributed by atoms with Crippen molar-refractivity contribution in [3.8, 4) is 0 Å². The first kappa shape index (κ1) is 16.8. The Morgan fingerprint density at radius 1 is 1.41 bits per heavy atom. The molecule has 5 nitrogen and oxygen atoms in total. The molecule has 1 aliphatic rings. The summed E-state index contributed by atoms with van der Waals surface area (Å²) in [5, 5.41) is 2.78. The fourth-order valence-electron chi connectivity index (χ4n) is 2.29. The third kappa shape index (κ3) is 4.00. The molecule has 1 N–H and O–H groups in total. The van der Waals surface area contributed by atoms with E-state index in [-0.39, 0.29) is 18.6 Å². The molecule has 0 saturated carbocycles. The van der Waals surface area contributed by atoms with Crippen molar-refractivity contribution in [2.75, 3.05) is 4.43 Å². The van der Waals surface area contributed by atoms with E-state index in [1.165, 1.54) is 0 Å². The van der Waals surface area contributed by atoms with Gasteiger partial charge in [-0.25, -0.2) is 4.79 Å². The van der Waals surface area contributed by atoms with Crippen molar-refractivity contribution in [3.05, 3.63) is 48.0 Å². The highest BCUT2D eigenvalue weighted by Crippen LogP contribution is 2.27. The Balaban J connectivity index is 1.83. The zero-order valence-electron chi connectivity index (χ0n) is 12.3. The van der Waals surface area contributed by atoms with Gasteiger partial charge in [0.1, 0.15) is 12.7 Å². The number of carbonyl (C=O) groups is 2. The minimum Gasteiger partial charge on any atom is -0.430 e. The predicted octanol–water partition coefficient (Wildman–Crippen LogP) is 2.83. The third-order valence-electron chi connectivity index (χ3n) is 3.56. The lowest BCUT2D eigenvalue weighted by Crippen LogP contribution is -2.63. The summed E-state index contributed by atoms with van der Waals surface area (Å²) in [6.45, 7) is 5.76. The summed E-state index contributed by atoms with van der Waals surface area (Å²) >= 11 is 2.19. The molecular weight excluding hydrogens is 397 g/mol. The summed E-state index contributed by atoms with van der Waals surface area (Å²) in [5.74, 6) is -0.522. The zero-order valence-corrected chi connectivity index (χ0v) is 14.4. The molecule has 1 aromatic carbocycles. The SMILES string of the molecule is C=C(CI)[C@H]1NC(=O)[C@@H]1C(C)OC(=O)OCc1ccccc1. The van der Waals surface area contributed by atoms with Crippen LogP contribution < -0.4 is 5.32 Å². The maximum Gasteiger partial charge on any atom is 0.508 e. The van der Waals surface area contributed by atoms with Crippen molar-refractivity contribution >= 4 is 34.7 Å². The molecule has 1 fully saturated rings. The second-order valence-electron chi connectivity index (χ2n) is 5.15. The first-order valence-corrected chi connectivity index (χ1v) is 8.47. The molecule has 6 heteroatoms. The van der Waals surface area contributed by atoms with Crippen LogP contribution in [0.4, 0.5) is 4.79 Å². The molecule has 0 bridgehead atoms. The number of carbonyl (C=O) groups excluding carboxylic acids is 2. The molecule has 0 aliphatic carbocycles. The Morgan fingerprint density at radius 3 is 2.68 bits per heavy atom. The topological polar surface area (TPSA) is 64.6 Å². The van der Waals surface area contributed by atoms with Crippen molar-refractivity contribution in [2.45, 2.75) is 25.7 Å². The van der Waals surface area contributed by atoms with Crippen molar-refractivity contribution < 1.29 is 19.1 Å². The Hall–Kier alpha value is -1.57. The number of halogens is 1. The van der Waals surface area contributed by atoms with E-state index in [9.17, 15) is 9.59 Å². The van der Waals surface area contributed by atoms with Crippen LogP contribution in [0.1, 0.15) is 12.5 Å². The molecule has 1 amide bonds. The van der Waals surface area contributed by atoms with E-state index >= 15 is 0 Å². The van der Waals surface area contributed by atoms with Crippen molar-refractivity contribution in [3.63, 3.8) is 0 Å². The maximum absolute atomic E-state index is 11.7. The number of hydrogen-bond donors (Lipinski definition) is 1. The van der Waals surface area contributed by atoms with Crippen LogP contribution in [0.15, 0.2) is 42.5 Å². The average molecular weight is 415 g/mol. The fraction of sp³-hybridized carbons (Fsp3) is 0.375. The van der Waals surface area contributed by atoms with Gasteiger partial charge in [-0.3, -0.25) is 4.79 Å². The lowest BCUT2D eigenvalue weighted by molar-refractivity contribution is -0.139. The van der Waals surface area contributed by atoms with Crippen molar-refractivity contribution in [1.82, 2.24) is 5.32 Å². The standard InChI is InChI=1S/C16H18INO4/c1-10(8-17)14-13(15(19)18-14)11(2)22-16(20)21-9-12-6-4-3-5-7-12/h3-7,11,13-14H,1,8-9H2,2H3,(H,18,19)/t11?,13-,14-/m1/s1. The van der Waals surface area contributed by atoms with Crippen LogP contribution in [0.25, 0.3) is 0 Å². The summed E-state index contributed by atoms with van der Waals surface area (Å²) in [7, 11) is 0. The van der Waals surface area contributed by atoms with Gasteiger partial charge in [0, 0.05) is 4.43 Å². The molecule has 118 valence electrons. The third-order valence-corrected chi connectivity index (χ3v) is 4.54. The van der Waals surface area contributed by atoms with E-state index in [4.69, 9.17) is 9.47 Å². The molecule has 1 aliphatic heterocycles. The highest BCUT2D eigenvalue weighted by molar-refractivity contribution is 14.1. The molecule has 1 heterocycles. The number of hydrogen-bond acceptors (Lipinski definition) is 4. The maximum atomic E-state index is 11.7. The Labute approximate surface area is 143 Å². The van der Waals surface area contributed by atoms with E-state index in [0.717, 1.165) is 15.6 Å². The van der Waals surface area contributed by atoms with Crippen LogP contribution >= 0.6 is 22.6 Å². The first-order chi connectivity index (χ1) is 10.5. The largest absolute Gasteiger partial charge is 0.508 e. The lowest BCUT2D eigenvalue weighted by atomic mass is 9.82. The molecular formula is C16H18INO4. The Kier molecular flexibility index (Phi) is 5.82. The highest BCUT2D eigenvalue weighted by Gasteiger charge is 2.45. The van der Waals surface area contributed by atoms with Crippen LogP contribution in [0.3, 0.4) is 0 Å². The minimum absolute atomic E-state index is 0.126. The molecule has 0 aromatic heterocycles. The number of ether oxygens (including phenoxy) is 2. The number of rotatable bonds is 6. The summed E-state index contributed by atoms with van der Waals surface area (Å²) in [5.41, 5.74) is 1.79. The number of amides is 1. The monoisotopic (exact) mass is 415 g/mol. The van der Waals surface area contributed by atoms with Crippen LogP contribution in [-0.2, 0) is 20.9 Å². The zero-order chi connectivity index (χ0) is 16.1. The van der Waals surface area contributed by atoms with E-state index < -0.39 is 18.2 Å². The van der Waals surface area contributed by atoms with Gasteiger partial charge in [0.25, 0.3) is 0 Å². The molecule has 1 saturated heterocycles. The Morgan fingerprint density at radius 2 is 2.09 bits per heavy atom. The normalized spacial score (nSPS) is 21.3. The second kappa shape index (κ2) is 7.62. The Bertz CT molecular complexity index is 561. The molecule has 1 unspecified atom stereocenters. The van der Waals surface area contributed by atoms with Gasteiger partial charge in [-0.15, -0.1) is 0 Å². The number of benzene rings is 1. The van der Waals surface area contributed by atoms with Gasteiger partial charge in [-0.05, 0) is 18.1 Å². The van der Waals surface area contributed by atoms with Gasteiger partial charge in [0.2, 0.25) is 5.91 Å². The van der Waals surface area contributed by atoms with Crippen LogP contribution in [0, 0.1) is 5.92 Å². The van der Waals surface area contributed by atoms with Gasteiger partial charge in [0.15, 0.2) is 0 Å². The fourth-order valence-corrected chi connectivity index (χ4v) is 2.77. The summed E-state index contributed by atoms with van der Waals surface area (Å²) < 4.78 is 11.0. The summed E-state index contributed by atoms with van der Waals surface area (Å²) in [6.07, 6.45) is -1.32. The average Bonchev–Trinajstić information content (AvgIpc) is 2.50. The van der Waals surface area contributed by atoms with E-state index in [0.29, 0.717) is 0 Å². The van der Waals surface area contributed by atoms with Crippen molar-refractivity contribution in [2.24, 2.45) is 5.92 Å². The van der Waals surface area contributed by atoms with Crippen LogP contribution in [0.5, 0.6) is 0 Å². The highest BCUT2D eigenvalue weighted by atomic mass is 127. The van der Waals surface area contributed by atoms with Gasteiger partial charge in [-0.1, -0.05) is 59.5 Å². The molecule has 3 atom stereocenters. The quantitative estimate of drug-likeness (QED) is 0.255. The van der Waals surface area contributed by atoms with Gasteiger partial charge >= 0.3 is 6.16 Å². The van der Waals surface area contributed by atoms with E-state index in [1.807, 2.05) is 30.3 Å². The second-order valence-corrected chi connectivity index (χ2v) is 5.91. The summed E-state index contributed by atoms with van der Waals surface area (Å²) in [6, 6.07) is 9.20. The number of alkyl halides is 1. The molecule has 0 radical (unpaired) electrons.